The molecule has 7 nitrogen and oxygen atoms in total. The number of nitrogens with zero attached hydrogens (tertiary/aromatic N) is 5. The highest BCUT2D eigenvalue weighted by Crippen LogP contribution is 2.31. The first kappa shape index (κ1) is 15.7. The van der Waals surface area contributed by atoms with Crippen molar-refractivity contribution in [2.45, 2.75) is 31.8 Å². The summed E-state index contributed by atoms with van der Waals surface area (Å²) < 4.78 is 0. The predicted molar refractivity (Wildman–Crippen MR) is 97.4 cm³/mol. The lowest BCUT2D eigenvalue weighted by Gasteiger charge is -2.35. The van der Waals surface area contributed by atoms with Crippen molar-refractivity contribution in [2.24, 2.45) is 0 Å². The van der Waals surface area contributed by atoms with Crippen molar-refractivity contribution in [1.82, 2.24) is 24.8 Å². The van der Waals surface area contributed by atoms with E-state index >= 15 is 0 Å². The molecule has 7 heteroatoms. The van der Waals surface area contributed by atoms with Gasteiger partial charge in [-0.15, -0.1) is 0 Å². The topological polar surface area (TPSA) is 107 Å². The van der Waals surface area contributed by atoms with E-state index in [0.29, 0.717) is 17.2 Å². The van der Waals surface area contributed by atoms with Crippen LogP contribution in [-0.4, -0.2) is 31.4 Å². The molecule has 2 aromatic heterocycles. The second kappa shape index (κ2) is 6.60. The van der Waals surface area contributed by atoms with Gasteiger partial charge in [0.2, 0.25) is 5.95 Å². The number of piperidine rings is 1. The van der Waals surface area contributed by atoms with Crippen LogP contribution in [0, 0.1) is 0 Å². The van der Waals surface area contributed by atoms with E-state index in [1.807, 2.05) is 0 Å². The van der Waals surface area contributed by atoms with Crippen molar-refractivity contribution in [2.75, 3.05) is 18.0 Å². The second-order valence-electron chi connectivity index (χ2n) is 6.39. The van der Waals surface area contributed by atoms with Crippen molar-refractivity contribution in [1.29, 1.82) is 0 Å². The molecule has 0 amide bonds. The molecule has 1 saturated heterocycles. The van der Waals surface area contributed by atoms with Gasteiger partial charge < -0.3 is 11.5 Å². The standard InChI is InChI=1S/C18H21N7/c19-16-15-17(24-18(20)23-16)21-10-13(22-15)11-25-9-5-4-8-14(25)12-6-2-1-3-7-12/h1-3,6-7,10,14H,4-5,8-9,11H2,(H4,19,20,21,23,24). The maximum absolute atomic E-state index is 5.93. The molecule has 0 radical (unpaired) electrons. The summed E-state index contributed by atoms with van der Waals surface area (Å²) in [4.78, 5) is 19.5. The molecule has 25 heavy (non-hydrogen) atoms. The van der Waals surface area contributed by atoms with Crippen LogP contribution in [0.2, 0.25) is 0 Å². The van der Waals surface area contributed by atoms with Crippen molar-refractivity contribution >= 4 is 22.9 Å². The van der Waals surface area contributed by atoms with Crippen LogP contribution in [-0.2, 0) is 6.54 Å². The van der Waals surface area contributed by atoms with Crippen molar-refractivity contribution in [3.8, 4) is 0 Å². The first-order valence-corrected chi connectivity index (χ1v) is 8.54. The average molecular weight is 335 g/mol. The molecule has 3 heterocycles. The lowest BCUT2D eigenvalue weighted by Crippen LogP contribution is -2.33. The summed E-state index contributed by atoms with van der Waals surface area (Å²) in [5, 5.41) is 0. The molecule has 1 aromatic carbocycles. The van der Waals surface area contributed by atoms with Crippen LogP contribution in [0.25, 0.3) is 11.2 Å². The molecule has 1 unspecified atom stereocenters. The number of nitrogen functional groups attached to an aromatic ring is 2. The number of likely N-dealkylation sites (tertiary alicyclic amines) is 1. The van der Waals surface area contributed by atoms with Gasteiger partial charge in [0.1, 0.15) is 0 Å². The third-order valence-corrected chi connectivity index (χ3v) is 4.66. The minimum absolute atomic E-state index is 0.118. The molecular weight excluding hydrogens is 314 g/mol. The van der Waals surface area contributed by atoms with Gasteiger partial charge in [-0.2, -0.15) is 9.97 Å². The minimum atomic E-state index is 0.118. The van der Waals surface area contributed by atoms with E-state index < -0.39 is 0 Å². The fourth-order valence-corrected chi connectivity index (χ4v) is 3.50. The Hall–Kier alpha value is -2.80. The van der Waals surface area contributed by atoms with Crippen LogP contribution < -0.4 is 11.5 Å². The van der Waals surface area contributed by atoms with E-state index in [1.54, 1.807) is 6.20 Å². The van der Waals surface area contributed by atoms with E-state index in [0.717, 1.165) is 25.2 Å². The highest BCUT2D eigenvalue weighted by Gasteiger charge is 2.24. The number of anilines is 2. The monoisotopic (exact) mass is 335 g/mol. The molecule has 0 spiro atoms. The van der Waals surface area contributed by atoms with Gasteiger partial charge >= 0.3 is 0 Å². The second-order valence-corrected chi connectivity index (χ2v) is 6.39. The summed E-state index contributed by atoms with van der Waals surface area (Å²) in [6, 6.07) is 11.1. The molecule has 1 atom stereocenters. The first-order chi connectivity index (χ1) is 12.2. The lowest BCUT2D eigenvalue weighted by molar-refractivity contribution is 0.138. The smallest absolute Gasteiger partial charge is 0.224 e. The van der Waals surface area contributed by atoms with E-state index in [1.165, 1.54) is 18.4 Å². The molecule has 1 aliphatic rings. The lowest BCUT2D eigenvalue weighted by atomic mass is 9.95. The van der Waals surface area contributed by atoms with Gasteiger partial charge in [0.05, 0.1) is 11.9 Å². The normalized spacial score (nSPS) is 18.5. The number of rotatable bonds is 3. The Morgan fingerprint density at radius 1 is 1.04 bits per heavy atom. The summed E-state index contributed by atoms with van der Waals surface area (Å²) in [5.74, 6) is 0.391. The fraction of sp³-hybridized carbons (Fsp3) is 0.333. The van der Waals surface area contributed by atoms with Crippen LogP contribution in [0.4, 0.5) is 11.8 Å². The SMILES string of the molecule is Nc1nc(N)c2nc(CN3CCCCC3c3ccccc3)cnc2n1. The molecule has 4 rings (SSSR count). The summed E-state index contributed by atoms with van der Waals surface area (Å²) >= 11 is 0. The Bertz CT molecular complexity index is 881. The van der Waals surface area contributed by atoms with Gasteiger partial charge in [0.15, 0.2) is 17.0 Å². The molecule has 128 valence electrons. The number of benzene rings is 1. The van der Waals surface area contributed by atoms with Crippen LogP contribution in [0.15, 0.2) is 36.5 Å². The number of nitrogens with two attached hydrogens (primary N) is 2. The van der Waals surface area contributed by atoms with E-state index in [4.69, 9.17) is 11.5 Å². The van der Waals surface area contributed by atoms with Gasteiger partial charge in [-0.05, 0) is 24.9 Å². The predicted octanol–water partition coefficient (Wildman–Crippen LogP) is 2.31. The molecule has 0 aliphatic carbocycles. The third-order valence-electron chi connectivity index (χ3n) is 4.66. The van der Waals surface area contributed by atoms with Crippen molar-refractivity contribution in [3.63, 3.8) is 0 Å². The Morgan fingerprint density at radius 3 is 2.72 bits per heavy atom. The Labute approximate surface area is 146 Å². The number of hydrogen-bond acceptors (Lipinski definition) is 7. The molecule has 0 saturated carbocycles. The molecule has 4 N–H and O–H groups in total. The molecular formula is C18H21N7. The summed E-state index contributed by atoms with van der Waals surface area (Å²) in [7, 11) is 0. The highest BCUT2D eigenvalue weighted by molar-refractivity contribution is 5.81. The Kier molecular flexibility index (Phi) is 4.15. The maximum Gasteiger partial charge on any atom is 0.224 e. The largest absolute Gasteiger partial charge is 0.382 e. The number of fused-ring (bicyclic) bond motifs is 1. The zero-order valence-corrected chi connectivity index (χ0v) is 14.0. The maximum atomic E-state index is 5.93. The minimum Gasteiger partial charge on any atom is -0.382 e. The quantitative estimate of drug-likeness (QED) is 0.756. The average Bonchev–Trinajstić information content (AvgIpc) is 2.63. The van der Waals surface area contributed by atoms with Crippen LogP contribution in [0.5, 0.6) is 0 Å². The van der Waals surface area contributed by atoms with E-state index in [2.05, 4.69) is 55.2 Å². The Balaban J connectivity index is 1.62. The van der Waals surface area contributed by atoms with E-state index in [-0.39, 0.29) is 11.8 Å². The van der Waals surface area contributed by atoms with Crippen LogP contribution in [0.3, 0.4) is 0 Å². The highest BCUT2D eigenvalue weighted by atomic mass is 15.2. The van der Waals surface area contributed by atoms with Crippen molar-refractivity contribution in [3.05, 3.63) is 47.8 Å². The van der Waals surface area contributed by atoms with Gasteiger partial charge in [-0.3, -0.25) is 4.90 Å². The molecule has 1 fully saturated rings. The molecule has 1 aliphatic heterocycles. The number of hydrogen-bond donors (Lipinski definition) is 2. The first-order valence-electron chi connectivity index (χ1n) is 8.54. The fourth-order valence-electron chi connectivity index (χ4n) is 3.50. The summed E-state index contributed by atoms with van der Waals surface area (Å²) in [6.45, 7) is 1.78. The third kappa shape index (κ3) is 3.23. The van der Waals surface area contributed by atoms with Crippen molar-refractivity contribution < 1.29 is 0 Å². The van der Waals surface area contributed by atoms with Gasteiger partial charge in [-0.1, -0.05) is 36.8 Å². The molecule has 3 aromatic rings. The Morgan fingerprint density at radius 2 is 1.88 bits per heavy atom. The van der Waals surface area contributed by atoms with Gasteiger partial charge in [0, 0.05) is 12.6 Å². The summed E-state index contributed by atoms with van der Waals surface area (Å²) in [6.07, 6.45) is 5.36. The zero-order valence-electron chi connectivity index (χ0n) is 14.0. The summed E-state index contributed by atoms with van der Waals surface area (Å²) in [5.41, 5.74) is 14.7. The van der Waals surface area contributed by atoms with Gasteiger partial charge in [-0.25, -0.2) is 9.97 Å². The van der Waals surface area contributed by atoms with Crippen LogP contribution in [0.1, 0.15) is 36.6 Å². The van der Waals surface area contributed by atoms with Crippen LogP contribution >= 0.6 is 0 Å². The van der Waals surface area contributed by atoms with E-state index in [9.17, 15) is 0 Å². The van der Waals surface area contributed by atoms with Gasteiger partial charge in [0.25, 0.3) is 0 Å². The molecule has 0 bridgehead atoms. The number of aromatic nitrogens is 4. The zero-order chi connectivity index (χ0) is 17.2.